The lowest BCUT2D eigenvalue weighted by Gasteiger charge is -2.30. The van der Waals surface area contributed by atoms with Crippen LogP contribution >= 0.6 is 69.6 Å². The molecular formula is C7H3Cl6F. The maximum Gasteiger partial charge on any atom is 0.169 e. The minimum Gasteiger partial charge on any atom is -0.245 e. The highest BCUT2D eigenvalue weighted by molar-refractivity contribution is 6.65. The van der Waals surface area contributed by atoms with Crippen LogP contribution in [0.25, 0.3) is 0 Å². The van der Waals surface area contributed by atoms with Gasteiger partial charge in [-0.25, -0.2) is 4.39 Å². The quantitative estimate of drug-likeness (QED) is 0.574. The normalized spacial score (nSPS) is 50.4. The van der Waals surface area contributed by atoms with Crippen molar-refractivity contribution in [2.45, 2.75) is 26.7 Å². The average Bonchev–Trinajstić information content (AvgIpc) is 2.27. The minimum atomic E-state index is -1.73. The van der Waals surface area contributed by atoms with E-state index in [0.29, 0.717) is 0 Å². The predicted octanol–water partition coefficient (Wildman–Crippen LogP) is 4.56. The van der Waals surface area contributed by atoms with Gasteiger partial charge in [0.25, 0.3) is 0 Å². The van der Waals surface area contributed by atoms with E-state index < -0.39 is 20.3 Å². The fourth-order valence-electron chi connectivity index (χ4n) is 1.84. The molecule has 2 rings (SSSR count). The second kappa shape index (κ2) is 3.00. The SMILES string of the molecule is FC1CC2(Cl)C(Cl)=C(Cl)C1(Cl)C2(Cl)Cl. The number of hydrogen-bond donors (Lipinski definition) is 0. The second-order valence-electron chi connectivity index (χ2n) is 3.39. The standard InChI is InChI=1S/C7H3Cl6F/c8-3-4(9)6(11)2(14)1-5(3,10)7(6,12)13/h2H,1H2. The highest BCUT2D eigenvalue weighted by Gasteiger charge is 2.79. The molecule has 0 aliphatic heterocycles. The molecule has 0 saturated heterocycles. The predicted molar refractivity (Wildman–Crippen MR) is 59.9 cm³/mol. The zero-order chi connectivity index (χ0) is 10.9. The highest BCUT2D eigenvalue weighted by Crippen LogP contribution is 2.72. The summed E-state index contributed by atoms with van der Waals surface area (Å²) in [5, 5.41) is -0.0608. The molecule has 0 N–H and O–H groups in total. The first kappa shape index (κ1) is 11.9. The molecule has 2 bridgehead atoms. The summed E-state index contributed by atoms with van der Waals surface area (Å²) in [4.78, 5) is -3.15. The van der Waals surface area contributed by atoms with Gasteiger partial charge in [-0.1, -0.05) is 46.4 Å². The van der Waals surface area contributed by atoms with Crippen molar-refractivity contribution in [1.82, 2.24) is 0 Å². The summed E-state index contributed by atoms with van der Waals surface area (Å²) >= 11 is 35.6. The van der Waals surface area contributed by atoms with E-state index in [-0.39, 0.29) is 16.5 Å². The summed E-state index contributed by atoms with van der Waals surface area (Å²) in [6.45, 7) is 0. The van der Waals surface area contributed by atoms with Crippen LogP contribution in [0.5, 0.6) is 0 Å². The molecule has 14 heavy (non-hydrogen) atoms. The Balaban J connectivity index is 2.70. The number of allylic oxidation sites excluding steroid dienone is 2. The lowest BCUT2D eigenvalue weighted by Crippen LogP contribution is -2.44. The van der Waals surface area contributed by atoms with Crippen molar-refractivity contribution >= 4 is 69.6 Å². The first-order valence-electron chi connectivity index (χ1n) is 3.65. The van der Waals surface area contributed by atoms with Gasteiger partial charge >= 0.3 is 0 Å². The van der Waals surface area contributed by atoms with Crippen LogP contribution in [0.1, 0.15) is 6.42 Å². The topological polar surface area (TPSA) is 0 Å². The fourth-order valence-corrected chi connectivity index (χ4v) is 4.45. The van der Waals surface area contributed by atoms with E-state index in [1.54, 1.807) is 0 Å². The molecule has 0 nitrogen and oxygen atoms in total. The zero-order valence-electron chi connectivity index (χ0n) is 6.43. The Bertz CT molecular complexity index is 339. The number of rotatable bonds is 0. The Kier molecular flexibility index (Phi) is 2.54. The van der Waals surface area contributed by atoms with Gasteiger partial charge in [0.15, 0.2) is 4.33 Å². The van der Waals surface area contributed by atoms with Crippen LogP contribution in [0.15, 0.2) is 10.1 Å². The summed E-state index contributed by atoms with van der Waals surface area (Å²) in [7, 11) is 0. The van der Waals surface area contributed by atoms with Gasteiger partial charge in [-0.15, -0.1) is 23.2 Å². The smallest absolute Gasteiger partial charge is 0.169 e. The lowest BCUT2D eigenvalue weighted by atomic mass is 10.0. The number of halogens is 7. The molecule has 0 amide bonds. The fraction of sp³-hybridized carbons (Fsp3) is 0.714. The van der Waals surface area contributed by atoms with E-state index in [9.17, 15) is 4.39 Å². The summed E-state index contributed by atoms with van der Waals surface area (Å²) in [6.07, 6.45) is -1.65. The molecule has 3 atom stereocenters. The van der Waals surface area contributed by atoms with Crippen molar-refractivity contribution in [2.24, 2.45) is 0 Å². The molecule has 80 valence electrons. The van der Waals surface area contributed by atoms with E-state index in [4.69, 9.17) is 69.6 Å². The van der Waals surface area contributed by atoms with Crippen LogP contribution in [-0.4, -0.2) is 20.3 Å². The van der Waals surface area contributed by atoms with Gasteiger partial charge in [0.05, 0.1) is 10.1 Å². The van der Waals surface area contributed by atoms with Crippen LogP contribution in [0.2, 0.25) is 0 Å². The maximum atomic E-state index is 13.6. The van der Waals surface area contributed by atoms with E-state index in [0.717, 1.165) is 0 Å². The summed E-state index contributed by atoms with van der Waals surface area (Å²) < 4.78 is 11.9. The number of fused-ring (bicyclic) bond motifs is 2. The molecule has 3 unspecified atom stereocenters. The Morgan fingerprint density at radius 3 is 1.86 bits per heavy atom. The number of alkyl halides is 5. The van der Waals surface area contributed by atoms with E-state index >= 15 is 0 Å². The number of hydrogen-bond acceptors (Lipinski definition) is 0. The summed E-state index contributed by atoms with van der Waals surface area (Å²) in [5.74, 6) is 0. The molecular weight excluding hydrogens is 316 g/mol. The molecule has 0 aromatic rings. The van der Waals surface area contributed by atoms with Crippen LogP contribution in [0.3, 0.4) is 0 Å². The molecule has 0 aromatic heterocycles. The molecule has 0 heterocycles. The third kappa shape index (κ3) is 0.959. The minimum absolute atomic E-state index is 0.0368. The van der Waals surface area contributed by atoms with Gasteiger partial charge in [-0.2, -0.15) is 0 Å². The van der Waals surface area contributed by atoms with Gasteiger partial charge in [0.2, 0.25) is 0 Å². The van der Waals surface area contributed by atoms with E-state index in [1.165, 1.54) is 0 Å². The van der Waals surface area contributed by atoms with Crippen LogP contribution in [0.4, 0.5) is 4.39 Å². The second-order valence-corrected chi connectivity index (χ2v) is 6.71. The Labute approximate surface area is 110 Å². The van der Waals surface area contributed by atoms with Crippen molar-refractivity contribution < 1.29 is 4.39 Å². The molecule has 0 radical (unpaired) electrons. The van der Waals surface area contributed by atoms with Gasteiger partial charge in [0.1, 0.15) is 15.9 Å². The monoisotopic (exact) mass is 316 g/mol. The largest absolute Gasteiger partial charge is 0.245 e. The van der Waals surface area contributed by atoms with Crippen molar-refractivity contribution in [1.29, 1.82) is 0 Å². The third-order valence-corrected chi connectivity index (χ3v) is 6.96. The highest BCUT2D eigenvalue weighted by atomic mass is 35.5. The Hall–Kier alpha value is 1.41. The van der Waals surface area contributed by atoms with Crippen LogP contribution < -0.4 is 0 Å². The zero-order valence-corrected chi connectivity index (χ0v) is 11.0. The maximum absolute atomic E-state index is 13.6. The average molecular weight is 319 g/mol. The summed E-state index contributed by atoms with van der Waals surface area (Å²) in [5.41, 5.74) is 0. The molecule has 2 aliphatic carbocycles. The van der Waals surface area contributed by atoms with Gasteiger partial charge in [0, 0.05) is 6.42 Å². The van der Waals surface area contributed by atoms with Gasteiger partial charge < -0.3 is 0 Å². The van der Waals surface area contributed by atoms with E-state index in [2.05, 4.69) is 0 Å². The molecule has 7 heteroatoms. The van der Waals surface area contributed by atoms with E-state index in [1.807, 2.05) is 0 Å². The van der Waals surface area contributed by atoms with Crippen molar-refractivity contribution in [3.8, 4) is 0 Å². The first-order chi connectivity index (χ1) is 6.19. The van der Waals surface area contributed by atoms with Crippen LogP contribution in [-0.2, 0) is 0 Å². The Morgan fingerprint density at radius 1 is 1.07 bits per heavy atom. The van der Waals surface area contributed by atoms with Gasteiger partial charge in [-0.05, 0) is 0 Å². The van der Waals surface area contributed by atoms with Crippen molar-refractivity contribution in [3.63, 3.8) is 0 Å². The molecule has 1 saturated carbocycles. The third-order valence-electron chi connectivity index (χ3n) is 2.71. The molecule has 0 aromatic carbocycles. The van der Waals surface area contributed by atoms with Crippen molar-refractivity contribution in [2.75, 3.05) is 0 Å². The Morgan fingerprint density at radius 2 is 1.57 bits per heavy atom. The van der Waals surface area contributed by atoms with Crippen LogP contribution in [0, 0.1) is 0 Å². The molecule has 2 aliphatic rings. The molecule has 1 fully saturated rings. The lowest BCUT2D eigenvalue weighted by molar-refractivity contribution is 0.301. The first-order valence-corrected chi connectivity index (χ1v) is 5.92. The van der Waals surface area contributed by atoms with Crippen molar-refractivity contribution in [3.05, 3.63) is 10.1 Å². The van der Waals surface area contributed by atoms with Gasteiger partial charge in [-0.3, -0.25) is 0 Å². The molecule has 0 spiro atoms. The summed E-state index contributed by atoms with van der Waals surface area (Å²) in [6, 6.07) is 0.